The summed E-state index contributed by atoms with van der Waals surface area (Å²) in [7, 11) is 0. The Morgan fingerprint density at radius 2 is 2.00 bits per heavy atom. The molecule has 1 amide bonds. The van der Waals surface area contributed by atoms with Gasteiger partial charge in [0.2, 0.25) is 0 Å². The highest BCUT2D eigenvalue weighted by atomic mass is 16.2. The number of carbonyl (C=O) groups excluding carboxylic acids is 1. The average molecular weight is 326 g/mol. The maximum atomic E-state index is 12.3. The van der Waals surface area contributed by atoms with Crippen molar-refractivity contribution in [3.63, 3.8) is 0 Å². The Morgan fingerprint density at radius 1 is 1.25 bits per heavy atom. The lowest BCUT2D eigenvalue weighted by molar-refractivity contribution is 0.0948. The van der Waals surface area contributed by atoms with E-state index in [-0.39, 0.29) is 17.2 Å². The fourth-order valence-electron chi connectivity index (χ4n) is 2.58. The van der Waals surface area contributed by atoms with Crippen molar-refractivity contribution in [3.8, 4) is 0 Å². The molecular weight excluding hydrogens is 308 g/mol. The van der Waals surface area contributed by atoms with Crippen LogP contribution in [0.5, 0.6) is 0 Å². The molecule has 3 aromatic rings. The smallest absolute Gasteiger partial charge is 0.272 e. The van der Waals surface area contributed by atoms with E-state index in [0.29, 0.717) is 23.9 Å². The van der Waals surface area contributed by atoms with Crippen molar-refractivity contribution < 1.29 is 4.79 Å². The van der Waals surface area contributed by atoms with Gasteiger partial charge >= 0.3 is 0 Å². The quantitative estimate of drug-likeness (QED) is 0.679. The molecule has 0 aliphatic heterocycles. The predicted molar refractivity (Wildman–Crippen MR) is 88.8 cm³/mol. The number of H-pyrrole nitrogens is 1. The summed E-state index contributed by atoms with van der Waals surface area (Å²) >= 11 is 0. The van der Waals surface area contributed by atoms with E-state index in [9.17, 15) is 9.59 Å². The van der Waals surface area contributed by atoms with Crippen LogP contribution >= 0.6 is 0 Å². The number of aromatic amines is 1. The average Bonchev–Trinajstić information content (AvgIpc) is 2.89. The van der Waals surface area contributed by atoms with Gasteiger partial charge in [-0.2, -0.15) is 10.2 Å². The Morgan fingerprint density at radius 3 is 2.71 bits per heavy atom. The number of nitrogens with zero attached hydrogens (tertiary/aromatic N) is 4. The van der Waals surface area contributed by atoms with Gasteiger partial charge in [0.25, 0.3) is 11.5 Å². The van der Waals surface area contributed by atoms with Crippen LogP contribution in [0.4, 0.5) is 0 Å². The van der Waals surface area contributed by atoms with Crippen molar-refractivity contribution >= 4 is 16.7 Å². The van der Waals surface area contributed by atoms with Crippen LogP contribution in [0.3, 0.4) is 0 Å². The van der Waals surface area contributed by atoms with Crippen molar-refractivity contribution in [1.82, 2.24) is 30.3 Å². The molecule has 24 heavy (non-hydrogen) atoms. The normalized spacial score (nSPS) is 10.9. The second-order valence-electron chi connectivity index (χ2n) is 5.49. The fraction of sp³-hybridized carbons (Fsp3) is 0.312. The summed E-state index contributed by atoms with van der Waals surface area (Å²) in [6, 6.07) is 6.91. The standard InChI is InChI=1S/C16H18N6O2/c1-10-18-11(2)22(21-10)9-5-8-17-16(24)14-12-6-3-4-7-13(12)15(23)20-19-14/h3-4,6-7H,5,8-9H2,1-2H3,(H,17,24)(H,20,23). The largest absolute Gasteiger partial charge is 0.351 e. The first-order chi connectivity index (χ1) is 11.6. The first-order valence-corrected chi connectivity index (χ1v) is 7.70. The Labute approximate surface area is 137 Å². The molecule has 124 valence electrons. The van der Waals surface area contributed by atoms with Crippen LogP contribution < -0.4 is 10.9 Å². The summed E-state index contributed by atoms with van der Waals surface area (Å²) in [5, 5.41) is 14.3. The maximum absolute atomic E-state index is 12.3. The van der Waals surface area contributed by atoms with E-state index in [1.54, 1.807) is 24.3 Å². The van der Waals surface area contributed by atoms with Gasteiger partial charge in [-0.1, -0.05) is 18.2 Å². The van der Waals surface area contributed by atoms with Crippen LogP contribution in [0.25, 0.3) is 10.8 Å². The van der Waals surface area contributed by atoms with Crippen LogP contribution in [0.1, 0.15) is 28.6 Å². The molecule has 0 saturated heterocycles. The summed E-state index contributed by atoms with van der Waals surface area (Å²) in [5.41, 5.74) is -0.0860. The number of hydrogen-bond donors (Lipinski definition) is 2. The van der Waals surface area contributed by atoms with Crippen LogP contribution in [0.2, 0.25) is 0 Å². The molecule has 0 unspecified atom stereocenters. The molecule has 0 aliphatic carbocycles. The summed E-state index contributed by atoms with van der Waals surface area (Å²) in [6.07, 6.45) is 0.719. The molecule has 0 saturated carbocycles. The number of aryl methyl sites for hydroxylation is 3. The predicted octanol–water partition coefficient (Wildman–Crippen LogP) is 0.952. The minimum Gasteiger partial charge on any atom is -0.351 e. The molecule has 0 spiro atoms. The molecule has 8 nitrogen and oxygen atoms in total. The molecule has 0 fully saturated rings. The zero-order valence-electron chi connectivity index (χ0n) is 13.5. The van der Waals surface area contributed by atoms with Gasteiger partial charge in [0.1, 0.15) is 11.6 Å². The lowest BCUT2D eigenvalue weighted by Gasteiger charge is -2.07. The van der Waals surface area contributed by atoms with Gasteiger partial charge in [-0.05, 0) is 26.3 Å². The third kappa shape index (κ3) is 3.17. The number of benzene rings is 1. The molecule has 0 atom stereocenters. The van der Waals surface area contributed by atoms with Gasteiger partial charge in [-0.25, -0.2) is 10.1 Å². The van der Waals surface area contributed by atoms with Crippen molar-refractivity contribution in [2.24, 2.45) is 0 Å². The van der Waals surface area contributed by atoms with E-state index in [0.717, 1.165) is 18.1 Å². The third-order valence-corrected chi connectivity index (χ3v) is 3.71. The number of fused-ring (bicyclic) bond motifs is 1. The highest BCUT2D eigenvalue weighted by Gasteiger charge is 2.13. The fourth-order valence-corrected chi connectivity index (χ4v) is 2.58. The van der Waals surface area contributed by atoms with Crippen molar-refractivity contribution in [1.29, 1.82) is 0 Å². The number of amides is 1. The van der Waals surface area contributed by atoms with E-state index >= 15 is 0 Å². The van der Waals surface area contributed by atoms with Crippen LogP contribution in [-0.2, 0) is 6.54 Å². The van der Waals surface area contributed by atoms with Crippen molar-refractivity contribution in [3.05, 3.63) is 52.0 Å². The maximum Gasteiger partial charge on any atom is 0.272 e. The molecule has 2 heterocycles. The number of hydrogen-bond acceptors (Lipinski definition) is 5. The second-order valence-corrected chi connectivity index (χ2v) is 5.49. The van der Waals surface area contributed by atoms with Crippen LogP contribution in [-0.4, -0.2) is 37.4 Å². The SMILES string of the molecule is Cc1nc(C)n(CCCNC(=O)c2n[nH]c(=O)c3ccccc23)n1. The third-order valence-electron chi connectivity index (χ3n) is 3.71. The Hall–Kier alpha value is -3.03. The highest BCUT2D eigenvalue weighted by molar-refractivity contribution is 6.04. The summed E-state index contributed by atoms with van der Waals surface area (Å²) < 4.78 is 1.81. The minimum atomic E-state index is -0.311. The van der Waals surface area contributed by atoms with E-state index in [1.807, 2.05) is 18.5 Å². The van der Waals surface area contributed by atoms with Crippen molar-refractivity contribution in [2.75, 3.05) is 6.54 Å². The molecular formula is C16H18N6O2. The molecule has 8 heteroatoms. The topological polar surface area (TPSA) is 106 Å². The molecule has 0 radical (unpaired) electrons. The summed E-state index contributed by atoms with van der Waals surface area (Å²) in [4.78, 5) is 28.3. The van der Waals surface area contributed by atoms with Crippen molar-refractivity contribution in [2.45, 2.75) is 26.8 Å². The zero-order valence-corrected chi connectivity index (χ0v) is 13.5. The number of aromatic nitrogens is 5. The Bertz CT molecular complexity index is 943. The number of nitrogens with one attached hydrogen (secondary N) is 2. The monoisotopic (exact) mass is 326 g/mol. The van der Waals surface area contributed by atoms with Crippen LogP contribution in [0.15, 0.2) is 29.1 Å². The number of rotatable bonds is 5. The molecule has 2 aromatic heterocycles. The first kappa shape index (κ1) is 15.9. The first-order valence-electron chi connectivity index (χ1n) is 7.70. The minimum absolute atomic E-state index is 0.220. The van der Waals surface area contributed by atoms with E-state index in [4.69, 9.17) is 0 Å². The molecule has 3 rings (SSSR count). The molecule has 0 bridgehead atoms. The number of carbonyl (C=O) groups is 1. The second kappa shape index (κ2) is 6.61. The summed E-state index contributed by atoms with van der Waals surface area (Å²) in [5.74, 6) is 1.28. The summed E-state index contributed by atoms with van der Waals surface area (Å²) in [6.45, 7) is 4.90. The lowest BCUT2D eigenvalue weighted by atomic mass is 10.1. The van der Waals surface area contributed by atoms with Gasteiger partial charge in [-0.3, -0.25) is 14.3 Å². The van der Waals surface area contributed by atoms with Gasteiger partial charge in [-0.15, -0.1) is 0 Å². The van der Waals surface area contributed by atoms with Gasteiger partial charge in [0.05, 0.1) is 5.39 Å². The Kier molecular flexibility index (Phi) is 4.37. The zero-order chi connectivity index (χ0) is 17.1. The lowest BCUT2D eigenvalue weighted by Crippen LogP contribution is -2.28. The molecule has 0 aliphatic rings. The highest BCUT2D eigenvalue weighted by Crippen LogP contribution is 2.12. The van der Waals surface area contributed by atoms with Gasteiger partial charge in [0.15, 0.2) is 5.69 Å². The Balaban J connectivity index is 1.65. The van der Waals surface area contributed by atoms with Gasteiger partial charge in [0, 0.05) is 18.5 Å². The van der Waals surface area contributed by atoms with E-state index in [1.165, 1.54) is 0 Å². The van der Waals surface area contributed by atoms with E-state index < -0.39 is 0 Å². The molecule has 1 aromatic carbocycles. The van der Waals surface area contributed by atoms with E-state index in [2.05, 4.69) is 25.6 Å². The molecule has 2 N–H and O–H groups in total. The van der Waals surface area contributed by atoms with Crippen LogP contribution in [0, 0.1) is 13.8 Å². The van der Waals surface area contributed by atoms with Gasteiger partial charge < -0.3 is 5.32 Å².